The Bertz CT molecular complexity index is 1640. The van der Waals surface area contributed by atoms with E-state index < -0.39 is 24.4 Å². The van der Waals surface area contributed by atoms with E-state index in [0.717, 1.165) is 27.8 Å². The van der Waals surface area contributed by atoms with Crippen molar-refractivity contribution in [2.75, 3.05) is 6.61 Å². The van der Waals surface area contributed by atoms with Crippen LogP contribution in [0.25, 0.3) is 6.08 Å². The zero-order valence-corrected chi connectivity index (χ0v) is 26.8. The van der Waals surface area contributed by atoms with E-state index in [1.807, 2.05) is 72.8 Å². The van der Waals surface area contributed by atoms with Crippen LogP contribution in [0.2, 0.25) is 0 Å². The van der Waals surface area contributed by atoms with Gasteiger partial charge < -0.3 is 23.7 Å². The standard InChI is InChI=1S/C42H42O5/c1-32-22-24-33(25-23-32)26-38-40(44-28-35-16-8-3-9-17-35)42(46-30-37-20-12-5-13-21-37)41(45-29-36-18-10-4-11-19-36)39(47-38)31-43-27-34-14-6-2-7-15-34/h2-26,39-42H,27-31H2,1H3/b38-26-/t39-,40+,41-,42-/m1/s1. The normalized spacial score (nSPS) is 20.1. The zero-order chi connectivity index (χ0) is 32.1. The predicted octanol–water partition coefficient (Wildman–Crippen LogP) is 8.71. The Morgan fingerprint density at radius 2 is 0.957 bits per heavy atom. The minimum Gasteiger partial charge on any atom is -0.487 e. The monoisotopic (exact) mass is 626 g/mol. The second kappa shape index (κ2) is 16.9. The van der Waals surface area contributed by atoms with Crippen LogP contribution in [0.1, 0.15) is 33.4 Å². The van der Waals surface area contributed by atoms with Crippen LogP contribution < -0.4 is 0 Å². The molecule has 0 saturated carbocycles. The Labute approximate surface area is 278 Å². The van der Waals surface area contributed by atoms with Gasteiger partial charge in [0.15, 0.2) is 6.10 Å². The number of hydrogen-bond acceptors (Lipinski definition) is 5. The smallest absolute Gasteiger partial charge is 0.150 e. The average molecular weight is 627 g/mol. The molecule has 1 aliphatic rings. The van der Waals surface area contributed by atoms with Gasteiger partial charge in [0.25, 0.3) is 0 Å². The Hall–Kier alpha value is -4.52. The van der Waals surface area contributed by atoms with Crippen molar-refractivity contribution in [1.29, 1.82) is 0 Å². The molecule has 5 aromatic rings. The molecule has 1 saturated heterocycles. The van der Waals surface area contributed by atoms with E-state index in [1.54, 1.807) is 0 Å². The number of rotatable bonds is 14. The maximum Gasteiger partial charge on any atom is 0.150 e. The molecular formula is C42H42O5. The molecular weight excluding hydrogens is 584 g/mol. The van der Waals surface area contributed by atoms with Crippen LogP contribution in [-0.4, -0.2) is 31.0 Å². The number of ether oxygens (including phenoxy) is 5. The largest absolute Gasteiger partial charge is 0.487 e. The second-order valence-corrected chi connectivity index (χ2v) is 11.9. The summed E-state index contributed by atoms with van der Waals surface area (Å²) >= 11 is 0. The van der Waals surface area contributed by atoms with Crippen LogP contribution in [-0.2, 0) is 50.1 Å². The van der Waals surface area contributed by atoms with Gasteiger partial charge in [0.05, 0.1) is 33.0 Å². The third-order valence-corrected chi connectivity index (χ3v) is 8.18. The van der Waals surface area contributed by atoms with E-state index in [4.69, 9.17) is 23.7 Å². The molecule has 240 valence electrons. The summed E-state index contributed by atoms with van der Waals surface area (Å²) in [5, 5.41) is 0. The van der Waals surface area contributed by atoms with Crippen molar-refractivity contribution in [3.8, 4) is 0 Å². The molecule has 5 nitrogen and oxygen atoms in total. The summed E-state index contributed by atoms with van der Waals surface area (Å²) < 4.78 is 33.5. The van der Waals surface area contributed by atoms with Crippen LogP contribution >= 0.6 is 0 Å². The van der Waals surface area contributed by atoms with E-state index in [9.17, 15) is 0 Å². The van der Waals surface area contributed by atoms with Crippen molar-refractivity contribution in [1.82, 2.24) is 0 Å². The molecule has 0 spiro atoms. The minimum atomic E-state index is -0.536. The first-order chi connectivity index (χ1) is 23.2. The molecule has 0 N–H and O–H groups in total. The number of hydrogen-bond donors (Lipinski definition) is 0. The van der Waals surface area contributed by atoms with Crippen LogP contribution in [0, 0.1) is 6.92 Å². The van der Waals surface area contributed by atoms with E-state index in [1.165, 1.54) is 5.56 Å². The van der Waals surface area contributed by atoms with Gasteiger partial charge in [-0.25, -0.2) is 0 Å². The highest BCUT2D eigenvalue weighted by Gasteiger charge is 2.46. The van der Waals surface area contributed by atoms with Crippen molar-refractivity contribution in [2.45, 2.75) is 57.8 Å². The van der Waals surface area contributed by atoms with E-state index in [0.29, 0.717) is 38.8 Å². The number of aryl methyl sites for hydroxylation is 1. The van der Waals surface area contributed by atoms with Gasteiger partial charge in [-0.3, -0.25) is 0 Å². The first kappa shape index (κ1) is 32.4. The van der Waals surface area contributed by atoms with Crippen LogP contribution in [0.5, 0.6) is 0 Å². The van der Waals surface area contributed by atoms with Gasteiger partial charge in [0.1, 0.15) is 24.1 Å². The Morgan fingerprint density at radius 3 is 1.47 bits per heavy atom. The maximum atomic E-state index is 6.85. The molecule has 47 heavy (non-hydrogen) atoms. The number of benzene rings is 5. The van der Waals surface area contributed by atoms with E-state index in [2.05, 4.69) is 85.8 Å². The zero-order valence-electron chi connectivity index (χ0n) is 26.8. The average Bonchev–Trinajstić information content (AvgIpc) is 3.12. The summed E-state index contributed by atoms with van der Waals surface area (Å²) in [5.74, 6) is 0.690. The molecule has 1 aliphatic heterocycles. The lowest BCUT2D eigenvalue weighted by Gasteiger charge is -2.43. The molecule has 0 radical (unpaired) electrons. The summed E-state index contributed by atoms with van der Waals surface area (Å²) in [4.78, 5) is 0. The molecule has 0 unspecified atom stereocenters. The highest BCUT2D eigenvalue weighted by atomic mass is 16.6. The Morgan fingerprint density at radius 1 is 0.511 bits per heavy atom. The van der Waals surface area contributed by atoms with Crippen LogP contribution in [0.3, 0.4) is 0 Å². The van der Waals surface area contributed by atoms with Gasteiger partial charge in [0, 0.05) is 0 Å². The second-order valence-electron chi connectivity index (χ2n) is 11.9. The summed E-state index contributed by atoms with van der Waals surface area (Å²) in [6.07, 6.45) is 0.109. The fourth-order valence-electron chi connectivity index (χ4n) is 5.65. The van der Waals surface area contributed by atoms with Crippen molar-refractivity contribution >= 4 is 6.08 Å². The lowest BCUT2D eigenvalue weighted by molar-refractivity contribution is -0.222. The van der Waals surface area contributed by atoms with Gasteiger partial charge >= 0.3 is 0 Å². The molecule has 6 rings (SSSR count). The van der Waals surface area contributed by atoms with Gasteiger partial charge in [0.2, 0.25) is 0 Å². The van der Waals surface area contributed by atoms with E-state index >= 15 is 0 Å². The summed E-state index contributed by atoms with van der Waals surface area (Å²) in [6.45, 7) is 4.06. The first-order valence-electron chi connectivity index (χ1n) is 16.2. The third-order valence-electron chi connectivity index (χ3n) is 8.18. The summed E-state index contributed by atoms with van der Waals surface area (Å²) in [5.41, 5.74) is 6.53. The fraction of sp³-hybridized carbons (Fsp3) is 0.238. The van der Waals surface area contributed by atoms with Crippen molar-refractivity contribution in [2.24, 2.45) is 0 Å². The van der Waals surface area contributed by atoms with Crippen molar-refractivity contribution < 1.29 is 23.7 Å². The van der Waals surface area contributed by atoms with Crippen molar-refractivity contribution in [3.05, 3.63) is 185 Å². The van der Waals surface area contributed by atoms with E-state index in [-0.39, 0.29) is 0 Å². The lowest BCUT2D eigenvalue weighted by atomic mass is 9.95. The molecule has 1 heterocycles. The van der Waals surface area contributed by atoms with Crippen LogP contribution in [0.15, 0.2) is 151 Å². The highest BCUT2D eigenvalue weighted by molar-refractivity contribution is 5.53. The molecule has 0 aromatic heterocycles. The summed E-state index contributed by atoms with van der Waals surface area (Å²) in [6, 6.07) is 49.1. The molecule has 5 aromatic carbocycles. The van der Waals surface area contributed by atoms with Gasteiger partial charge in [-0.1, -0.05) is 151 Å². The molecule has 5 heteroatoms. The quantitative estimate of drug-likeness (QED) is 0.123. The SMILES string of the molecule is Cc1ccc(/C=C2\O[C@H](COCc3ccccc3)[C@@H](OCc3ccccc3)[C@H](OCc3ccccc3)[C@H]2OCc2ccccc2)cc1. The predicted molar refractivity (Wildman–Crippen MR) is 185 cm³/mol. The first-order valence-corrected chi connectivity index (χ1v) is 16.2. The molecule has 0 aliphatic carbocycles. The van der Waals surface area contributed by atoms with Crippen LogP contribution in [0.4, 0.5) is 0 Å². The van der Waals surface area contributed by atoms with Gasteiger partial charge in [-0.05, 0) is 40.8 Å². The van der Waals surface area contributed by atoms with Gasteiger partial charge in [-0.15, -0.1) is 0 Å². The Kier molecular flexibility index (Phi) is 11.6. The Balaban J connectivity index is 1.34. The maximum absolute atomic E-state index is 6.85. The molecule has 0 bridgehead atoms. The lowest BCUT2D eigenvalue weighted by Crippen LogP contribution is -2.56. The molecule has 0 amide bonds. The summed E-state index contributed by atoms with van der Waals surface area (Å²) in [7, 11) is 0. The van der Waals surface area contributed by atoms with Crippen molar-refractivity contribution in [3.63, 3.8) is 0 Å². The molecule has 1 fully saturated rings. The fourth-order valence-corrected chi connectivity index (χ4v) is 5.65. The molecule has 4 atom stereocenters. The minimum absolute atomic E-state index is 0.316. The van der Waals surface area contributed by atoms with Gasteiger partial charge in [-0.2, -0.15) is 0 Å². The topological polar surface area (TPSA) is 46.2 Å². The highest BCUT2D eigenvalue weighted by Crippen LogP contribution is 2.34. The third kappa shape index (κ3) is 9.50.